The number of rotatable bonds is 7. The lowest BCUT2D eigenvalue weighted by molar-refractivity contribution is 0.563. The van der Waals surface area contributed by atoms with Gasteiger partial charge in [0.1, 0.15) is 5.82 Å². The van der Waals surface area contributed by atoms with Gasteiger partial charge < -0.3 is 5.32 Å². The van der Waals surface area contributed by atoms with Gasteiger partial charge in [0.05, 0.1) is 0 Å². The molecule has 0 saturated heterocycles. The number of benzene rings is 1. The lowest BCUT2D eigenvalue weighted by atomic mass is 10.1. The van der Waals surface area contributed by atoms with Crippen LogP contribution in [0, 0.1) is 0 Å². The van der Waals surface area contributed by atoms with Gasteiger partial charge in [-0.3, -0.25) is 0 Å². The average Bonchev–Trinajstić information content (AvgIpc) is 2.94. The fraction of sp³-hybridized carbons (Fsp3) is 0.467. The van der Waals surface area contributed by atoms with Crippen LogP contribution in [-0.2, 0) is 6.42 Å². The van der Waals surface area contributed by atoms with Crippen molar-refractivity contribution < 1.29 is 0 Å². The first-order valence-corrected chi connectivity index (χ1v) is 9.55. The minimum Gasteiger partial charge on any atom is -0.310 e. The predicted octanol–water partition coefficient (Wildman–Crippen LogP) is 5.07. The maximum atomic E-state index is 4.55. The summed E-state index contributed by atoms with van der Waals surface area (Å²) in [6, 6.07) is 6.75. The second kappa shape index (κ2) is 8.27. The van der Waals surface area contributed by atoms with Crippen molar-refractivity contribution >= 4 is 39.2 Å². The molecule has 0 aliphatic carbocycles. The van der Waals surface area contributed by atoms with Crippen LogP contribution >= 0.6 is 39.2 Å². The van der Waals surface area contributed by atoms with E-state index in [4.69, 9.17) is 0 Å². The van der Waals surface area contributed by atoms with E-state index in [0.29, 0.717) is 6.04 Å². The van der Waals surface area contributed by atoms with Crippen molar-refractivity contribution in [3.8, 4) is 0 Å². The third-order valence-electron chi connectivity index (χ3n) is 3.10. The largest absolute Gasteiger partial charge is 0.310 e. The van der Waals surface area contributed by atoms with Crippen molar-refractivity contribution in [2.45, 2.75) is 48.9 Å². The van der Waals surface area contributed by atoms with E-state index in [1.165, 1.54) is 22.0 Å². The molecule has 0 fully saturated rings. The van der Waals surface area contributed by atoms with Crippen molar-refractivity contribution in [1.29, 1.82) is 0 Å². The molecule has 6 heteroatoms. The van der Waals surface area contributed by atoms with Gasteiger partial charge in [-0.15, -0.1) is 0 Å². The van der Waals surface area contributed by atoms with Crippen molar-refractivity contribution in [1.82, 2.24) is 14.7 Å². The summed E-state index contributed by atoms with van der Waals surface area (Å²) in [5.41, 5.74) is 1.30. The number of aryl methyl sites for hydroxylation is 1. The number of hydrogen-bond acceptors (Lipinski definition) is 5. The molecule has 1 aromatic carbocycles. The minimum absolute atomic E-state index is 0.323. The molecule has 0 spiro atoms. The van der Waals surface area contributed by atoms with E-state index in [9.17, 15) is 0 Å². The molecule has 1 N–H and O–H groups in total. The van der Waals surface area contributed by atoms with Crippen molar-refractivity contribution in [3.05, 3.63) is 34.1 Å². The molecule has 2 aromatic rings. The Morgan fingerprint density at radius 3 is 2.86 bits per heavy atom. The van der Waals surface area contributed by atoms with Gasteiger partial charge in [-0.05, 0) is 55.2 Å². The van der Waals surface area contributed by atoms with Gasteiger partial charge in [0.2, 0.25) is 0 Å². The third-order valence-corrected chi connectivity index (χ3v) is 5.48. The monoisotopic (exact) mass is 385 g/mol. The maximum Gasteiger partial charge on any atom is 0.174 e. The van der Waals surface area contributed by atoms with E-state index >= 15 is 0 Å². The molecule has 1 unspecified atom stereocenters. The second-order valence-electron chi connectivity index (χ2n) is 4.79. The standard InChI is InChI=1S/C15H20BrN3S2/c1-4-8-17-10(3)12-9-11(16)6-7-13(12)20-15-18-14(5-2)19-21-15/h6-7,9-10,17H,4-5,8H2,1-3H3. The number of halogens is 1. The zero-order valence-electron chi connectivity index (χ0n) is 12.5. The van der Waals surface area contributed by atoms with Gasteiger partial charge in [0.25, 0.3) is 0 Å². The Bertz CT molecular complexity index is 586. The highest BCUT2D eigenvalue weighted by atomic mass is 79.9. The summed E-state index contributed by atoms with van der Waals surface area (Å²) in [4.78, 5) is 5.79. The van der Waals surface area contributed by atoms with Gasteiger partial charge in [0, 0.05) is 21.8 Å². The first-order valence-electron chi connectivity index (χ1n) is 7.17. The molecule has 1 heterocycles. The lowest BCUT2D eigenvalue weighted by Crippen LogP contribution is -2.19. The summed E-state index contributed by atoms with van der Waals surface area (Å²) in [5, 5.41) is 3.55. The average molecular weight is 386 g/mol. The van der Waals surface area contributed by atoms with E-state index in [-0.39, 0.29) is 0 Å². The van der Waals surface area contributed by atoms with Crippen LogP contribution in [0.2, 0.25) is 0 Å². The van der Waals surface area contributed by atoms with Gasteiger partial charge in [0.15, 0.2) is 4.34 Å². The number of nitrogens with one attached hydrogen (secondary N) is 1. The van der Waals surface area contributed by atoms with Crippen molar-refractivity contribution in [3.63, 3.8) is 0 Å². The highest BCUT2D eigenvalue weighted by molar-refractivity contribution is 9.10. The van der Waals surface area contributed by atoms with Crippen LogP contribution in [0.4, 0.5) is 0 Å². The Kier molecular flexibility index (Phi) is 6.67. The highest BCUT2D eigenvalue weighted by Crippen LogP contribution is 2.35. The fourth-order valence-electron chi connectivity index (χ4n) is 1.94. The zero-order chi connectivity index (χ0) is 15.2. The SMILES string of the molecule is CCCNC(C)c1cc(Br)ccc1Sc1nc(CC)ns1. The van der Waals surface area contributed by atoms with Crippen molar-refractivity contribution in [2.24, 2.45) is 0 Å². The molecule has 1 aromatic heterocycles. The first-order chi connectivity index (χ1) is 10.1. The quantitative estimate of drug-likeness (QED) is 0.721. The summed E-state index contributed by atoms with van der Waals surface area (Å²) in [7, 11) is 0. The molecular formula is C15H20BrN3S2. The summed E-state index contributed by atoms with van der Waals surface area (Å²) in [5.74, 6) is 0.929. The van der Waals surface area contributed by atoms with Crippen molar-refractivity contribution in [2.75, 3.05) is 6.54 Å². The van der Waals surface area contributed by atoms with Crippen LogP contribution in [0.1, 0.15) is 44.6 Å². The summed E-state index contributed by atoms with van der Waals surface area (Å²) in [6.07, 6.45) is 2.02. The third kappa shape index (κ3) is 4.77. The lowest BCUT2D eigenvalue weighted by Gasteiger charge is -2.17. The predicted molar refractivity (Wildman–Crippen MR) is 94.3 cm³/mol. The topological polar surface area (TPSA) is 37.8 Å². The number of hydrogen-bond donors (Lipinski definition) is 1. The Morgan fingerprint density at radius 2 is 2.19 bits per heavy atom. The molecule has 114 valence electrons. The molecular weight excluding hydrogens is 366 g/mol. The van der Waals surface area contributed by atoms with Crippen LogP contribution in [0.3, 0.4) is 0 Å². The van der Waals surface area contributed by atoms with Gasteiger partial charge in [-0.25, -0.2) is 4.98 Å². The molecule has 21 heavy (non-hydrogen) atoms. The smallest absolute Gasteiger partial charge is 0.174 e. The summed E-state index contributed by atoms with van der Waals surface area (Å²) < 4.78 is 6.48. The van der Waals surface area contributed by atoms with Crippen LogP contribution in [0.5, 0.6) is 0 Å². The second-order valence-corrected chi connectivity index (χ2v) is 7.75. The fourth-order valence-corrected chi connectivity index (χ4v) is 4.18. The van der Waals surface area contributed by atoms with Gasteiger partial charge in [-0.1, -0.05) is 41.5 Å². The first kappa shape index (κ1) is 16.9. The van der Waals surface area contributed by atoms with Crippen LogP contribution in [0.25, 0.3) is 0 Å². The van der Waals surface area contributed by atoms with E-state index in [2.05, 4.69) is 69.6 Å². The Morgan fingerprint density at radius 1 is 1.38 bits per heavy atom. The van der Waals surface area contributed by atoms with Crippen LogP contribution in [0.15, 0.2) is 31.9 Å². The molecule has 0 aliphatic rings. The molecule has 0 amide bonds. The van der Waals surface area contributed by atoms with Gasteiger partial charge in [-0.2, -0.15) is 4.37 Å². The van der Waals surface area contributed by atoms with Gasteiger partial charge >= 0.3 is 0 Å². The number of nitrogens with zero attached hydrogens (tertiary/aromatic N) is 2. The summed E-state index contributed by atoms with van der Waals surface area (Å²) in [6.45, 7) is 7.50. The summed E-state index contributed by atoms with van der Waals surface area (Å²) >= 11 is 6.76. The van der Waals surface area contributed by atoms with E-state index in [0.717, 1.165) is 34.0 Å². The molecule has 0 saturated carbocycles. The number of aromatic nitrogens is 2. The molecule has 1 atom stereocenters. The van der Waals surface area contributed by atoms with E-state index in [1.807, 2.05) is 0 Å². The molecule has 0 radical (unpaired) electrons. The minimum atomic E-state index is 0.323. The Hall–Kier alpha value is -0.430. The van der Waals surface area contributed by atoms with Crippen LogP contribution in [-0.4, -0.2) is 15.9 Å². The Labute approximate surface area is 143 Å². The Balaban J connectivity index is 2.21. The zero-order valence-corrected chi connectivity index (χ0v) is 15.7. The molecule has 0 bridgehead atoms. The molecule has 2 rings (SSSR count). The van der Waals surface area contributed by atoms with E-state index in [1.54, 1.807) is 11.8 Å². The normalized spacial score (nSPS) is 12.6. The molecule has 0 aliphatic heterocycles. The maximum absolute atomic E-state index is 4.55. The molecule has 3 nitrogen and oxygen atoms in total. The highest BCUT2D eigenvalue weighted by Gasteiger charge is 2.13. The van der Waals surface area contributed by atoms with Crippen LogP contribution < -0.4 is 5.32 Å². The van der Waals surface area contributed by atoms with E-state index < -0.39 is 0 Å².